The molecular weight excluding hydrogens is 343 g/mol. The van der Waals surface area contributed by atoms with Gasteiger partial charge in [-0.3, -0.25) is 0 Å². The average Bonchev–Trinajstić information content (AvgIpc) is 3.14. The standard InChI is InChI=1S/C11H16N5O4P.2Na/c12-10-9-11(14-4-13-10)16(5-15-9)8(7-1-2-7)3-20-6-21(17,18)19;;/h4-5,7-8H,1-3,6H2,(H2,12,13,14)(H2,17,18,19);;/q;2*+1/p-2/t8-;;/m0../s1. The number of rotatable bonds is 6. The summed E-state index contributed by atoms with van der Waals surface area (Å²) in [5.41, 5.74) is 6.82. The van der Waals surface area contributed by atoms with Crippen LogP contribution in [-0.2, 0) is 9.30 Å². The molecule has 0 unspecified atom stereocenters. The number of imidazole rings is 1. The van der Waals surface area contributed by atoms with Crippen LogP contribution in [0.5, 0.6) is 0 Å². The number of aromatic nitrogens is 4. The van der Waals surface area contributed by atoms with E-state index in [4.69, 9.17) is 10.5 Å². The molecular formula is C11H14N5Na2O4P. The Kier molecular flexibility index (Phi) is 8.14. The van der Waals surface area contributed by atoms with Crippen molar-refractivity contribution in [2.75, 3.05) is 18.7 Å². The van der Waals surface area contributed by atoms with Crippen LogP contribution < -0.4 is 74.6 Å². The van der Waals surface area contributed by atoms with E-state index in [1.54, 1.807) is 6.33 Å². The summed E-state index contributed by atoms with van der Waals surface area (Å²) >= 11 is 0. The van der Waals surface area contributed by atoms with Crippen LogP contribution in [0.25, 0.3) is 11.2 Å². The Morgan fingerprint density at radius 2 is 2.04 bits per heavy atom. The van der Waals surface area contributed by atoms with E-state index >= 15 is 0 Å². The van der Waals surface area contributed by atoms with Crippen LogP contribution in [0, 0.1) is 5.92 Å². The molecule has 0 saturated heterocycles. The van der Waals surface area contributed by atoms with E-state index < -0.39 is 13.9 Å². The third-order valence-electron chi connectivity index (χ3n) is 3.45. The molecule has 1 atom stereocenters. The molecule has 1 fully saturated rings. The second-order valence-electron chi connectivity index (χ2n) is 5.10. The smallest absolute Gasteiger partial charge is 0.809 e. The van der Waals surface area contributed by atoms with Gasteiger partial charge in [0.15, 0.2) is 11.5 Å². The number of hydrogen-bond donors (Lipinski definition) is 1. The Hall–Kier alpha value is 0.460. The molecule has 2 aromatic heterocycles. The van der Waals surface area contributed by atoms with Crippen molar-refractivity contribution >= 4 is 24.6 Å². The number of anilines is 1. The Morgan fingerprint density at radius 3 is 2.65 bits per heavy atom. The summed E-state index contributed by atoms with van der Waals surface area (Å²) in [6.07, 6.45) is 4.17. The van der Waals surface area contributed by atoms with E-state index in [0.717, 1.165) is 12.8 Å². The van der Waals surface area contributed by atoms with Crippen LogP contribution in [0.4, 0.5) is 5.82 Å². The molecule has 1 aliphatic rings. The molecule has 1 saturated carbocycles. The molecule has 0 radical (unpaired) electrons. The third kappa shape index (κ3) is 5.47. The van der Waals surface area contributed by atoms with Crippen molar-refractivity contribution in [1.29, 1.82) is 0 Å². The molecule has 23 heavy (non-hydrogen) atoms. The van der Waals surface area contributed by atoms with Gasteiger partial charge in [-0.15, -0.1) is 0 Å². The van der Waals surface area contributed by atoms with Gasteiger partial charge in [0, 0.05) is 0 Å². The summed E-state index contributed by atoms with van der Waals surface area (Å²) in [7, 11) is -4.66. The van der Waals surface area contributed by atoms with Crippen molar-refractivity contribution in [3.05, 3.63) is 12.7 Å². The maximum Gasteiger partial charge on any atom is 1.00 e. The SMILES string of the molecule is Nc1ncnc2c1ncn2[C@@H](COCP(=O)([O-])[O-])C1CC1.[Na+].[Na+]. The molecule has 0 amide bonds. The number of nitrogen functional groups attached to an aromatic ring is 1. The second-order valence-corrected chi connectivity index (χ2v) is 6.58. The zero-order chi connectivity index (χ0) is 15.0. The van der Waals surface area contributed by atoms with Crippen molar-refractivity contribution in [3.63, 3.8) is 0 Å². The van der Waals surface area contributed by atoms with Crippen LogP contribution in [-0.4, -0.2) is 32.5 Å². The Morgan fingerprint density at radius 1 is 1.35 bits per heavy atom. The molecule has 0 aliphatic heterocycles. The summed E-state index contributed by atoms with van der Waals surface area (Å²) in [6.45, 7) is 0.120. The fourth-order valence-electron chi connectivity index (χ4n) is 2.32. The van der Waals surface area contributed by atoms with E-state index in [0.29, 0.717) is 17.1 Å². The first kappa shape index (κ1) is 21.5. The van der Waals surface area contributed by atoms with Crippen LogP contribution in [0.2, 0.25) is 0 Å². The molecule has 12 heteroatoms. The van der Waals surface area contributed by atoms with Crippen LogP contribution >= 0.6 is 7.60 Å². The molecule has 9 nitrogen and oxygen atoms in total. The normalized spacial score (nSPS) is 15.7. The van der Waals surface area contributed by atoms with Gasteiger partial charge >= 0.3 is 59.1 Å². The van der Waals surface area contributed by atoms with Crippen LogP contribution in [0.15, 0.2) is 12.7 Å². The maximum atomic E-state index is 10.6. The van der Waals surface area contributed by atoms with E-state index in [1.807, 2.05) is 4.57 Å². The summed E-state index contributed by atoms with van der Waals surface area (Å²) in [5.74, 6) is 0.647. The Labute approximate surface area is 177 Å². The van der Waals surface area contributed by atoms with E-state index in [2.05, 4.69) is 15.0 Å². The van der Waals surface area contributed by atoms with E-state index in [1.165, 1.54) is 6.33 Å². The van der Waals surface area contributed by atoms with Gasteiger partial charge < -0.3 is 29.4 Å². The molecule has 0 aromatic carbocycles. The summed E-state index contributed by atoms with van der Waals surface area (Å²) in [4.78, 5) is 33.5. The molecule has 3 rings (SSSR count). The Bertz CT molecular complexity index is 705. The molecule has 2 aromatic rings. The number of nitrogens with two attached hydrogens (primary N) is 1. The number of hydrogen-bond acceptors (Lipinski definition) is 8. The van der Waals surface area contributed by atoms with Crippen LogP contribution in [0.3, 0.4) is 0 Å². The molecule has 2 heterocycles. The molecule has 2 N–H and O–H groups in total. The second kappa shape index (κ2) is 8.71. The number of nitrogens with zero attached hydrogens (tertiary/aromatic N) is 4. The fourth-order valence-corrected chi connectivity index (χ4v) is 2.65. The van der Waals surface area contributed by atoms with E-state index in [-0.39, 0.29) is 77.6 Å². The quantitative estimate of drug-likeness (QED) is 0.397. The minimum atomic E-state index is -4.66. The molecule has 114 valence electrons. The number of ether oxygens (including phenoxy) is 1. The summed E-state index contributed by atoms with van der Waals surface area (Å²) in [5, 5.41) is 0. The van der Waals surface area contributed by atoms with Crippen molar-refractivity contribution in [1.82, 2.24) is 19.5 Å². The zero-order valence-corrected chi connectivity index (χ0v) is 18.0. The fraction of sp³-hybridized carbons (Fsp3) is 0.545. The van der Waals surface area contributed by atoms with Gasteiger partial charge in [-0.25, -0.2) is 15.0 Å². The molecule has 0 spiro atoms. The van der Waals surface area contributed by atoms with Gasteiger partial charge in [0.1, 0.15) is 11.8 Å². The summed E-state index contributed by atoms with van der Waals surface area (Å²) < 4.78 is 17.5. The zero-order valence-electron chi connectivity index (χ0n) is 13.1. The van der Waals surface area contributed by atoms with Gasteiger partial charge in [-0.1, -0.05) is 0 Å². The van der Waals surface area contributed by atoms with Crippen molar-refractivity contribution in [2.24, 2.45) is 5.92 Å². The average molecular weight is 357 g/mol. The van der Waals surface area contributed by atoms with Gasteiger partial charge in [0.25, 0.3) is 0 Å². The van der Waals surface area contributed by atoms with Gasteiger partial charge in [-0.2, -0.15) is 0 Å². The Balaban J connectivity index is 0.00000132. The van der Waals surface area contributed by atoms with Gasteiger partial charge in [-0.05, 0) is 26.4 Å². The van der Waals surface area contributed by atoms with Gasteiger partial charge in [0.05, 0.1) is 25.3 Å². The van der Waals surface area contributed by atoms with Crippen molar-refractivity contribution < 1.29 is 78.2 Å². The predicted octanol–water partition coefficient (Wildman–Crippen LogP) is -6.74. The van der Waals surface area contributed by atoms with Crippen molar-refractivity contribution in [3.8, 4) is 0 Å². The third-order valence-corrected chi connectivity index (χ3v) is 3.95. The first-order valence-electron chi connectivity index (χ1n) is 6.47. The first-order chi connectivity index (χ1) is 9.96. The van der Waals surface area contributed by atoms with Crippen LogP contribution in [0.1, 0.15) is 18.9 Å². The number of fused-ring (bicyclic) bond motifs is 1. The topological polar surface area (TPSA) is 142 Å². The van der Waals surface area contributed by atoms with E-state index in [9.17, 15) is 14.4 Å². The van der Waals surface area contributed by atoms with Gasteiger partial charge in [0.2, 0.25) is 0 Å². The minimum absolute atomic E-state index is 0. The first-order valence-corrected chi connectivity index (χ1v) is 8.20. The predicted molar refractivity (Wildman–Crippen MR) is 69.9 cm³/mol. The summed E-state index contributed by atoms with van der Waals surface area (Å²) in [6, 6.07) is -0.115. The maximum absolute atomic E-state index is 10.6. The minimum Gasteiger partial charge on any atom is -0.809 e. The largest absolute Gasteiger partial charge is 1.00 e. The molecule has 1 aliphatic carbocycles. The monoisotopic (exact) mass is 357 g/mol. The van der Waals surface area contributed by atoms with Crippen molar-refractivity contribution in [2.45, 2.75) is 18.9 Å². The molecule has 0 bridgehead atoms.